The number of halogens is 1. The van der Waals surface area contributed by atoms with Crippen LogP contribution < -0.4 is 10.6 Å². The third kappa shape index (κ3) is 2.65. The predicted molar refractivity (Wildman–Crippen MR) is 71.0 cm³/mol. The van der Waals surface area contributed by atoms with Crippen molar-refractivity contribution in [3.05, 3.63) is 29.6 Å². The highest BCUT2D eigenvalue weighted by atomic mass is 19.1. The zero-order valence-corrected chi connectivity index (χ0v) is 10.8. The average molecular weight is 252 g/mol. The molecule has 3 N–H and O–H groups in total. The van der Waals surface area contributed by atoms with Crippen molar-refractivity contribution in [3.63, 3.8) is 0 Å². The number of nitrogens with two attached hydrogens (primary N) is 1. The number of piperidine rings is 1. The third-order valence-electron chi connectivity index (χ3n) is 3.70. The lowest BCUT2D eigenvalue weighted by molar-refractivity contribution is 0.202. The zero-order valence-electron chi connectivity index (χ0n) is 10.8. The normalized spacial score (nSPS) is 19.0. The van der Waals surface area contributed by atoms with Crippen LogP contribution in [0.2, 0.25) is 0 Å². The van der Waals surface area contributed by atoms with Crippen molar-refractivity contribution >= 4 is 5.69 Å². The molecule has 1 aliphatic rings. The van der Waals surface area contributed by atoms with Crippen LogP contribution in [-0.4, -0.2) is 24.8 Å². The number of hydrogen-bond acceptors (Lipinski definition) is 3. The first kappa shape index (κ1) is 13.3. The van der Waals surface area contributed by atoms with Crippen LogP contribution in [0, 0.1) is 11.7 Å². The lowest BCUT2D eigenvalue weighted by Gasteiger charge is -2.34. The van der Waals surface area contributed by atoms with Gasteiger partial charge in [-0.15, -0.1) is 0 Å². The number of rotatable bonds is 3. The van der Waals surface area contributed by atoms with Crippen molar-refractivity contribution in [2.24, 2.45) is 11.7 Å². The van der Waals surface area contributed by atoms with Crippen LogP contribution in [-0.2, 0) is 0 Å². The molecule has 0 unspecified atom stereocenters. The molecule has 4 heteroatoms. The SMILES string of the molecule is C[C@H](N)c1cccc(F)c1N1CCC(CO)CC1. The third-order valence-corrected chi connectivity index (χ3v) is 3.70. The Balaban J connectivity index is 2.23. The minimum atomic E-state index is -0.202. The van der Waals surface area contributed by atoms with E-state index < -0.39 is 0 Å². The Bertz CT molecular complexity index is 401. The summed E-state index contributed by atoms with van der Waals surface area (Å²) in [7, 11) is 0. The van der Waals surface area contributed by atoms with Gasteiger partial charge in [-0.3, -0.25) is 0 Å². The second-order valence-electron chi connectivity index (χ2n) is 5.08. The summed E-state index contributed by atoms with van der Waals surface area (Å²) in [5.74, 6) is 0.152. The van der Waals surface area contributed by atoms with E-state index in [1.54, 1.807) is 6.07 Å². The van der Waals surface area contributed by atoms with Gasteiger partial charge in [-0.05, 0) is 37.3 Å². The zero-order chi connectivity index (χ0) is 13.1. The maximum Gasteiger partial charge on any atom is 0.146 e. The van der Waals surface area contributed by atoms with E-state index in [0.717, 1.165) is 31.5 Å². The van der Waals surface area contributed by atoms with E-state index in [9.17, 15) is 4.39 Å². The molecule has 1 aromatic carbocycles. The largest absolute Gasteiger partial charge is 0.396 e. The van der Waals surface area contributed by atoms with Crippen molar-refractivity contribution in [3.8, 4) is 0 Å². The smallest absolute Gasteiger partial charge is 0.146 e. The molecule has 0 bridgehead atoms. The topological polar surface area (TPSA) is 49.5 Å². The van der Waals surface area contributed by atoms with Gasteiger partial charge in [-0.25, -0.2) is 4.39 Å². The van der Waals surface area contributed by atoms with Crippen molar-refractivity contribution in [1.82, 2.24) is 0 Å². The molecule has 1 aromatic rings. The molecule has 1 atom stereocenters. The van der Waals surface area contributed by atoms with Crippen molar-refractivity contribution in [2.75, 3.05) is 24.6 Å². The van der Waals surface area contributed by atoms with Gasteiger partial charge in [-0.2, -0.15) is 0 Å². The summed E-state index contributed by atoms with van der Waals surface area (Å²) >= 11 is 0. The Morgan fingerprint density at radius 2 is 2.11 bits per heavy atom. The van der Waals surface area contributed by atoms with Gasteiger partial charge in [0, 0.05) is 25.7 Å². The standard InChI is InChI=1S/C14H21FN2O/c1-10(16)12-3-2-4-13(15)14(12)17-7-5-11(9-18)6-8-17/h2-4,10-11,18H,5-9,16H2,1H3/t10-/m0/s1. The molecule has 0 saturated carbocycles. The summed E-state index contributed by atoms with van der Waals surface area (Å²) in [6.07, 6.45) is 1.81. The van der Waals surface area contributed by atoms with Crippen molar-refractivity contribution < 1.29 is 9.50 Å². The quantitative estimate of drug-likeness (QED) is 0.865. The maximum absolute atomic E-state index is 14.0. The first-order valence-corrected chi connectivity index (χ1v) is 6.53. The summed E-state index contributed by atoms with van der Waals surface area (Å²) in [5.41, 5.74) is 7.41. The summed E-state index contributed by atoms with van der Waals surface area (Å²) in [5, 5.41) is 9.13. The van der Waals surface area contributed by atoms with Gasteiger partial charge in [0.05, 0.1) is 5.69 Å². The monoisotopic (exact) mass is 252 g/mol. The number of hydrogen-bond donors (Lipinski definition) is 2. The molecule has 3 nitrogen and oxygen atoms in total. The highest BCUT2D eigenvalue weighted by Crippen LogP contribution is 2.31. The number of nitrogens with zero attached hydrogens (tertiary/aromatic N) is 1. The number of para-hydroxylation sites is 1. The molecular formula is C14H21FN2O. The first-order valence-electron chi connectivity index (χ1n) is 6.53. The van der Waals surface area contributed by atoms with E-state index in [-0.39, 0.29) is 18.5 Å². The highest BCUT2D eigenvalue weighted by Gasteiger charge is 2.23. The molecule has 0 aromatic heterocycles. The number of anilines is 1. The summed E-state index contributed by atoms with van der Waals surface area (Å²) in [4.78, 5) is 2.06. The van der Waals surface area contributed by atoms with E-state index in [2.05, 4.69) is 4.90 Å². The van der Waals surface area contributed by atoms with E-state index in [0.29, 0.717) is 11.6 Å². The minimum absolute atomic E-state index is 0.175. The van der Waals surface area contributed by atoms with Gasteiger partial charge in [0.1, 0.15) is 5.82 Å². The molecule has 1 heterocycles. The van der Waals surface area contributed by atoms with Gasteiger partial charge >= 0.3 is 0 Å². The fourth-order valence-corrected chi connectivity index (χ4v) is 2.57. The Kier molecular flexibility index (Phi) is 4.19. The van der Waals surface area contributed by atoms with Gasteiger partial charge < -0.3 is 15.7 Å². The first-order chi connectivity index (χ1) is 8.63. The number of benzene rings is 1. The van der Waals surface area contributed by atoms with Gasteiger partial charge in [0.2, 0.25) is 0 Å². The van der Waals surface area contributed by atoms with Gasteiger partial charge in [0.15, 0.2) is 0 Å². The fraction of sp³-hybridized carbons (Fsp3) is 0.571. The second kappa shape index (κ2) is 5.67. The van der Waals surface area contributed by atoms with Crippen LogP contribution in [0.15, 0.2) is 18.2 Å². The summed E-state index contributed by atoms with van der Waals surface area (Å²) in [6, 6.07) is 4.91. The summed E-state index contributed by atoms with van der Waals surface area (Å²) < 4.78 is 14.0. The van der Waals surface area contributed by atoms with Gasteiger partial charge in [0.25, 0.3) is 0 Å². The summed E-state index contributed by atoms with van der Waals surface area (Å²) in [6.45, 7) is 3.67. The number of aliphatic hydroxyl groups is 1. The Labute approximate surface area is 107 Å². The van der Waals surface area contributed by atoms with E-state index in [4.69, 9.17) is 10.8 Å². The van der Waals surface area contributed by atoms with Crippen LogP contribution in [0.3, 0.4) is 0 Å². The van der Waals surface area contributed by atoms with Crippen LogP contribution >= 0.6 is 0 Å². The van der Waals surface area contributed by atoms with Crippen molar-refractivity contribution in [1.29, 1.82) is 0 Å². The molecule has 18 heavy (non-hydrogen) atoms. The molecule has 1 fully saturated rings. The van der Waals surface area contributed by atoms with E-state index in [1.165, 1.54) is 6.07 Å². The Morgan fingerprint density at radius 1 is 1.44 bits per heavy atom. The Morgan fingerprint density at radius 3 is 2.67 bits per heavy atom. The van der Waals surface area contributed by atoms with Crippen LogP contribution in [0.5, 0.6) is 0 Å². The average Bonchev–Trinajstić information content (AvgIpc) is 2.38. The molecule has 1 aliphatic heterocycles. The van der Waals surface area contributed by atoms with Crippen LogP contribution in [0.25, 0.3) is 0 Å². The van der Waals surface area contributed by atoms with Gasteiger partial charge in [-0.1, -0.05) is 12.1 Å². The highest BCUT2D eigenvalue weighted by molar-refractivity contribution is 5.56. The molecule has 0 amide bonds. The molecule has 0 aliphatic carbocycles. The molecular weight excluding hydrogens is 231 g/mol. The van der Waals surface area contributed by atoms with E-state index in [1.807, 2.05) is 13.0 Å². The fourth-order valence-electron chi connectivity index (χ4n) is 2.57. The predicted octanol–water partition coefficient (Wildman–Crippen LogP) is 2.05. The van der Waals surface area contributed by atoms with E-state index >= 15 is 0 Å². The molecule has 2 rings (SSSR count). The molecule has 0 radical (unpaired) electrons. The minimum Gasteiger partial charge on any atom is -0.396 e. The van der Waals surface area contributed by atoms with Crippen molar-refractivity contribution in [2.45, 2.75) is 25.8 Å². The van der Waals surface area contributed by atoms with Crippen LogP contribution in [0.4, 0.5) is 10.1 Å². The second-order valence-corrected chi connectivity index (χ2v) is 5.08. The number of aliphatic hydroxyl groups excluding tert-OH is 1. The lowest BCUT2D eigenvalue weighted by atomic mass is 9.96. The Hall–Kier alpha value is -1.13. The maximum atomic E-state index is 14.0. The molecule has 1 saturated heterocycles. The molecule has 0 spiro atoms. The molecule has 100 valence electrons. The van der Waals surface area contributed by atoms with Crippen LogP contribution in [0.1, 0.15) is 31.4 Å². The lowest BCUT2D eigenvalue weighted by Crippen LogP contribution is -2.36.